The highest BCUT2D eigenvalue weighted by Gasteiger charge is 2.13. The summed E-state index contributed by atoms with van der Waals surface area (Å²) in [7, 11) is 0. The third-order valence-corrected chi connectivity index (χ3v) is 3.32. The van der Waals surface area contributed by atoms with Crippen LogP contribution in [0.4, 0.5) is 0 Å². The van der Waals surface area contributed by atoms with Crippen molar-refractivity contribution in [2.75, 3.05) is 6.54 Å². The fourth-order valence-electron chi connectivity index (χ4n) is 2.38. The zero-order valence-electron chi connectivity index (χ0n) is 11.5. The third kappa shape index (κ3) is 7.84. The second-order valence-electron chi connectivity index (χ2n) is 5.13. The molecule has 15 heavy (non-hydrogen) atoms. The highest BCUT2D eigenvalue weighted by molar-refractivity contribution is 4.70. The van der Waals surface area contributed by atoms with Gasteiger partial charge in [-0.05, 0) is 37.6 Å². The molecule has 1 N–H and O–H groups in total. The lowest BCUT2D eigenvalue weighted by atomic mass is 9.89. The lowest BCUT2D eigenvalue weighted by molar-refractivity contribution is 0.330. The average molecular weight is 213 g/mol. The number of nitrogens with one attached hydrogen (secondary N) is 1. The summed E-state index contributed by atoms with van der Waals surface area (Å²) in [5, 5.41) is 3.61. The molecule has 0 aliphatic carbocycles. The number of rotatable bonds is 9. The maximum atomic E-state index is 3.61. The maximum absolute atomic E-state index is 3.61. The molecule has 0 aromatic heterocycles. The predicted molar refractivity (Wildman–Crippen MR) is 70.2 cm³/mol. The minimum Gasteiger partial charge on any atom is -0.314 e. The Labute approximate surface area is 97.0 Å². The van der Waals surface area contributed by atoms with Gasteiger partial charge >= 0.3 is 0 Å². The van der Waals surface area contributed by atoms with Crippen molar-refractivity contribution >= 4 is 0 Å². The highest BCUT2D eigenvalue weighted by Crippen LogP contribution is 2.20. The summed E-state index contributed by atoms with van der Waals surface area (Å²) >= 11 is 0. The quantitative estimate of drug-likeness (QED) is 0.604. The summed E-state index contributed by atoms with van der Waals surface area (Å²) < 4.78 is 0. The van der Waals surface area contributed by atoms with Crippen LogP contribution in [0.15, 0.2) is 0 Å². The molecule has 1 nitrogen and oxygen atoms in total. The molecule has 0 rings (SSSR count). The molecule has 0 radical (unpaired) electrons. The van der Waals surface area contributed by atoms with E-state index in [0.717, 1.165) is 24.4 Å². The monoisotopic (exact) mass is 213 g/mol. The molecule has 0 heterocycles. The van der Waals surface area contributed by atoms with Crippen molar-refractivity contribution in [1.82, 2.24) is 5.32 Å². The Kier molecular flexibility index (Phi) is 9.18. The van der Waals surface area contributed by atoms with E-state index in [-0.39, 0.29) is 0 Å². The van der Waals surface area contributed by atoms with Gasteiger partial charge in [0.1, 0.15) is 0 Å². The van der Waals surface area contributed by atoms with E-state index in [4.69, 9.17) is 0 Å². The first-order valence-electron chi connectivity index (χ1n) is 6.87. The molecule has 0 saturated heterocycles. The molecule has 0 spiro atoms. The predicted octanol–water partition coefficient (Wildman–Crippen LogP) is 4.23. The molecule has 0 bridgehead atoms. The minimum absolute atomic E-state index is 0.749. The maximum Gasteiger partial charge on any atom is 0.00693 e. The van der Waals surface area contributed by atoms with Gasteiger partial charge in [-0.25, -0.2) is 0 Å². The molecule has 3 atom stereocenters. The van der Waals surface area contributed by atoms with Crippen LogP contribution in [0, 0.1) is 11.8 Å². The van der Waals surface area contributed by atoms with Crippen LogP contribution in [-0.2, 0) is 0 Å². The first-order chi connectivity index (χ1) is 7.13. The Bertz CT molecular complexity index is 127. The van der Waals surface area contributed by atoms with E-state index in [9.17, 15) is 0 Å². The molecule has 0 fully saturated rings. The van der Waals surface area contributed by atoms with Gasteiger partial charge in [-0.15, -0.1) is 0 Å². The molecule has 0 unspecified atom stereocenters. The standard InChI is InChI=1S/C14H31N/c1-6-9-14(15-8-3)11-13(5)10-12(4)7-2/h12-15H,6-11H2,1-5H3/t12-,13-,14+/m0/s1. The van der Waals surface area contributed by atoms with E-state index < -0.39 is 0 Å². The molecule has 0 aliphatic rings. The smallest absolute Gasteiger partial charge is 0.00693 e. The summed E-state index contributed by atoms with van der Waals surface area (Å²) in [5.74, 6) is 1.76. The summed E-state index contributed by atoms with van der Waals surface area (Å²) in [6, 6.07) is 0.749. The molecule has 1 heteroatoms. The molecule has 0 aromatic rings. The fourth-order valence-corrected chi connectivity index (χ4v) is 2.38. The van der Waals surface area contributed by atoms with Gasteiger partial charge in [0.25, 0.3) is 0 Å². The number of hydrogen-bond donors (Lipinski definition) is 1. The number of hydrogen-bond acceptors (Lipinski definition) is 1. The Morgan fingerprint density at radius 3 is 2.07 bits per heavy atom. The average Bonchev–Trinajstić information content (AvgIpc) is 2.18. The van der Waals surface area contributed by atoms with Gasteiger partial charge in [-0.1, -0.05) is 47.5 Å². The topological polar surface area (TPSA) is 12.0 Å². The first-order valence-corrected chi connectivity index (χ1v) is 6.87. The second kappa shape index (κ2) is 9.21. The zero-order valence-corrected chi connectivity index (χ0v) is 11.5. The van der Waals surface area contributed by atoms with Crippen molar-refractivity contribution in [2.45, 2.75) is 72.8 Å². The van der Waals surface area contributed by atoms with Crippen LogP contribution < -0.4 is 5.32 Å². The van der Waals surface area contributed by atoms with Crippen LogP contribution in [0.5, 0.6) is 0 Å². The van der Waals surface area contributed by atoms with E-state index in [1.165, 1.54) is 32.1 Å². The summed E-state index contributed by atoms with van der Waals surface area (Å²) in [6.45, 7) is 12.7. The third-order valence-electron chi connectivity index (χ3n) is 3.32. The van der Waals surface area contributed by atoms with E-state index in [1.807, 2.05) is 0 Å². The molecular weight excluding hydrogens is 182 g/mol. The zero-order chi connectivity index (χ0) is 11.7. The van der Waals surface area contributed by atoms with Crippen LogP contribution in [0.3, 0.4) is 0 Å². The lowest BCUT2D eigenvalue weighted by Gasteiger charge is -2.23. The Balaban J connectivity index is 3.81. The summed E-state index contributed by atoms with van der Waals surface area (Å²) in [6.07, 6.45) is 6.70. The van der Waals surface area contributed by atoms with Crippen LogP contribution in [0.2, 0.25) is 0 Å². The van der Waals surface area contributed by atoms with Gasteiger partial charge in [0.2, 0.25) is 0 Å². The van der Waals surface area contributed by atoms with Crippen LogP contribution >= 0.6 is 0 Å². The van der Waals surface area contributed by atoms with Gasteiger partial charge < -0.3 is 5.32 Å². The van der Waals surface area contributed by atoms with Gasteiger partial charge in [-0.2, -0.15) is 0 Å². The van der Waals surface area contributed by atoms with E-state index in [1.54, 1.807) is 0 Å². The lowest BCUT2D eigenvalue weighted by Crippen LogP contribution is -2.30. The van der Waals surface area contributed by atoms with Crippen molar-refractivity contribution in [3.8, 4) is 0 Å². The van der Waals surface area contributed by atoms with Crippen LogP contribution in [-0.4, -0.2) is 12.6 Å². The Morgan fingerprint density at radius 2 is 1.60 bits per heavy atom. The second-order valence-corrected chi connectivity index (χ2v) is 5.13. The van der Waals surface area contributed by atoms with Crippen molar-refractivity contribution in [2.24, 2.45) is 11.8 Å². The highest BCUT2D eigenvalue weighted by atomic mass is 14.9. The van der Waals surface area contributed by atoms with Crippen LogP contribution in [0.25, 0.3) is 0 Å². The van der Waals surface area contributed by atoms with Crippen molar-refractivity contribution in [3.63, 3.8) is 0 Å². The van der Waals surface area contributed by atoms with Gasteiger partial charge in [0, 0.05) is 6.04 Å². The van der Waals surface area contributed by atoms with Crippen LogP contribution in [0.1, 0.15) is 66.7 Å². The van der Waals surface area contributed by atoms with Crippen molar-refractivity contribution < 1.29 is 0 Å². The summed E-state index contributed by atoms with van der Waals surface area (Å²) in [4.78, 5) is 0. The Morgan fingerprint density at radius 1 is 0.933 bits per heavy atom. The van der Waals surface area contributed by atoms with E-state index >= 15 is 0 Å². The first kappa shape index (κ1) is 15.0. The molecule has 0 aliphatic heterocycles. The molecule has 0 aromatic carbocycles. The van der Waals surface area contributed by atoms with Gasteiger partial charge in [0.15, 0.2) is 0 Å². The van der Waals surface area contributed by atoms with Gasteiger partial charge in [0.05, 0.1) is 0 Å². The normalized spacial score (nSPS) is 17.4. The summed E-state index contributed by atoms with van der Waals surface area (Å²) in [5.41, 5.74) is 0. The van der Waals surface area contributed by atoms with E-state index in [0.29, 0.717) is 0 Å². The van der Waals surface area contributed by atoms with E-state index in [2.05, 4.69) is 39.9 Å². The fraction of sp³-hybridized carbons (Fsp3) is 1.00. The van der Waals surface area contributed by atoms with Crippen molar-refractivity contribution in [3.05, 3.63) is 0 Å². The molecule has 0 saturated carbocycles. The minimum atomic E-state index is 0.749. The molecule has 0 amide bonds. The molecule has 92 valence electrons. The largest absolute Gasteiger partial charge is 0.314 e. The van der Waals surface area contributed by atoms with Gasteiger partial charge in [-0.3, -0.25) is 0 Å². The Hall–Kier alpha value is -0.0400. The van der Waals surface area contributed by atoms with Crippen molar-refractivity contribution in [1.29, 1.82) is 0 Å². The SMILES string of the molecule is CCC[C@H](C[C@@H](C)C[C@@H](C)CC)NCC. The molecular formula is C14H31N.